The van der Waals surface area contributed by atoms with E-state index in [-0.39, 0.29) is 11.7 Å². The van der Waals surface area contributed by atoms with Gasteiger partial charge in [0.05, 0.1) is 5.75 Å². The third-order valence-corrected chi connectivity index (χ3v) is 4.37. The number of anilines is 2. The Hall–Kier alpha value is -1.93. The van der Waals surface area contributed by atoms with Gasteiger partial charge in [-0.3, -0.25) is 4.79 Å². The maximum Gasteiger partial charge on any atom is 0.230 e. The van der Waals surface area contributed by atoms with E-state index < -0.39 is 0 Å². The summed E-state index contributed by atoms with van der Waals surface area (Å²) in [6, 6.07) is 11.5. The molecular weight excluding hydrogens is 318 g/mol. The quantitative estimate of drug-likeness (QED) is 0.401. The van der Waals surface area contributed by atoms with Crippen LogP contribution in [0.25, 0.3) is 0 Å². The molecule has 0 bridgehead atoms. The molecule has 6 nitrogen and oxygen atoms in total. The molecule has 2 rings (SSSR count). The molecule has 8 heteroatoms. The van der Waals surface area contributed by atoms with Gasteiger partial charge in [-0.2, -0.15) is 0 Å². The first kappa shape index (κ1) is 16.4. The number of hydrogen-bond acceptors (Lipinski definition) is 7. The molecule has 0 spiro atoms. The van der Waals surface area contributed by atoms with Crippen LogP contribution in [0.3, 0.4) is 0 Å². The molecule has 1 heterocycles. The molecule has 0 aliphatic carbocycles. The fourth-order valence-electron chi connectivity index (χ4n) is 1.58. The van der Waals surface area contributed by atoms with E-state index in [0.717, 1.165) is 5.75 Å². The van der Waals surface area contributed by atoms with Gasteiger partial charge in [0, 0.05) is 23.3 Å². The summed E-state index contributed by atoms with van der Waals surface area (Å²) in [4.78, 5) is 20.9. The van der Waals surface area contributed by atoms with Crippen LogP contribution in [0, 0.1) is 0 Å². The predicted octanol–water partition coefficient (Wildman–Crippen LogP) is 1.64. The molecule has 0 radical (unpaired) electrons. The van der Waals surface area contributed by atoms with E-state index >= 15 is 0 Å². The molecule has 0 fully saturated rings. The van der Waals surface area contributed by atoms with Gasteiger partial charge in [-0.25, -0.2) is 9.97 Å². The number of nitrogen functional groups attached to an aromatic ring is 2. The van der Waals surface area contributed by atoms with Crippen LogP contribution in [0.1, 0.15) is 0 Å². The van der Waals surface area contributed by atoms with Gasteiger partial charge in [-0.15, -0.1) is 11.8 Å². The van der Waals surface area contributed by atoms with Crippen LogP contribution in [-0.2, 0) is 4.79 Å². The molecule has 22 heavy (non-hydrogen) atoms. The van der Waals surface area contributed by atoms with Crippen molar-refractivity contribution in [3.05, 3.63) is 36.4 Å². The monoisotopic (exact) mass is 335 g/mol. The first-order valence-electron chi connectivity index (χ1n) is 6.61. The van der Waals surface area contributed by atoms with Crippen LogP contribution in [-0.4, -0.2) is 33.9 Å². The highest BCUT2D eigenvalue weighted by molar-refractivity contribution is 7.99. The molecular formula is C14H17N5OS2. The van der Waals surface area contributed by atoms with Gasteiger partial charge in [0.1, 0.15) is 11.6 Å². The van der Waals surface area contributed by atoms with Crippen LogP contribution in [0.2, 0.25) is 0 Å². The zero-order valence-corrected chi connectivity index (χ0v) is 13.5. The summed E-state index contributed by atoms with van der Waals surface area (Å²) >= 11 is 2.91. The average molecular weight is 335 g/mol. The van der Waals surface area contributed by atoms with E-state index in [4.69, 9.17) is 11.5 Å². The van der Waals surface area contributed by atoms with Crippen molar-refractivity contribution in [2.24, 2.45) is 0 Å². The summed E-state index contributed by atoms with van der Waals surface area (Å²) in [5.41, 5.74) is 11.1. The lowest BCUT2D eigenvalue weighted by Crippen LogP contribution is -2.27. The topological polar surface area (TPSA) is 107 Å². The van der Waals surface area contributed by atoms with E-state index in [1.165, 1.54) is 22.7 Å². The fourth-order valence-corrected chi connectivity index (χ4v) is 3.08. The number of thioether (sulfide) groups is 2. The Morgan fingerprint density at radius 2 is 1.77 bits per heavy atom. The van der Waals surface area contributed by atoms with Crippen LogP contribution in [0.5, 0.6) is 0 Å². The van der Waals surface area contributed by atoms with Gasteiger partial charge in [0.15, 0.2) is 5.16 Å². The molecule has 0 saturated carbocycles. The summed E-state index contributed by atoms with van der Waals surface area (Å²) in [7, 11) is 0. The summed E-state index contributed by atoms with van der Waals surface area (Å²) in [6.45, 7) is 0.610. The smallest absolute Gasteiger partial charge is 0.230 e. The number of hydrogen-bond donors (Lipinski definition) is 3. The lowest BCUT2D eigenvalue weighted by atomic mass is 10.4. The van der Waals surface area contributed by atoms with E-state index in [2.05, 4.69) is 15.3 Å². The summed E-state index contributed by atoms with van der Waals surface area (Å²) in [5.74, 6) is 1.59. The van der Waals surface area contributed by atoms with E-state index in [9.17, 15) is 4.79 Å². The molecule has 0 unspecified atom stereocenters. The molecule has 1 aromatic heterocycles. The molecule has 1 amide bonds. The number of nitrogens with one attached hydrogen (secondary N) is 1. The highest BCUT2D eigenvalue weighted by Crippen LogP contribution is 2.17. The van der Waals surface area contributed by atoms with Crippen LogP contribution < -0.4 is 16.8 Å². The molecule has 1 aromatic carbocycles. The van der Waals surface area contributed by atoms with Crippen LogP contribution >= 0.6 is 23.5 Å². The average Bonchev–Trinajstić information content (AvgIpc) is 2.50. The largest absolute Gasteiger partial charge is 0.383 e. The molecule has 0 aliphatic heterocycles. The predicted molar refractivity (Wildman–Crippen MR) is 91.8 cm³/mol. The SMILES string of the molecule is Nc1cc(N)nc(SCC(=O)NCCSc2ccccc2)n1. The van der Waals surface area contributed by atoms with Crippen LogP contribution in [0.4, 0.5) is 11.6 Å². The van der Waals surface area contributed by atoms with Crippen molar-refractivity contribution >= 4 is 41.1 Å². The fraction of sp³-hybridized carbons (Fsp3) is 0.214. The molecule has 0 aliphatic rings. The maximum absolute atomic E-state index is 11.7. The zero-order chi connectivity index (χ0) is 15.8. The van der Waals surface area contributed by atoms with Crippen molar-refractivity contribution in [2.75, 3.05) is 29.5 Å². The lowest BCUT2D eigenvalue weighted by molar-refractivity contribution is -0.118. The van der Waals surface area contributed by atoms with Gasteiger partial charge in [-0.05, 0) is 12.1 Å². The number of nitrogens with zero attached hydrogens (tertiary/aromatic N) is 2. The van der Waals surface area contributed by atoms with E-state index in [1.807, 2.05) is 30.3 Å². The van der Waals surface area contributed by atoms with E-state index in [1.54, 1.807) is 11.8 Å². The van der Waals surface area contributed by atoms with Crippen molar-refractivity contribution < 1.29 is 4.79 Å². The Bertz CT molecular complexity index is 604. The maximum atomic E-state index is 11.7. The minimum atomic E-state index is -0.0664. The minimum absolute atomic E-state index is 0.0664. The van der Waals surface area contributed by atoms with Gasteiger partial charge in [0.2, 0.25) is 5.91 Å². The van der Waals surface area contributed by atoms with Crippen molar-refractivity contribution in [3.63, 3.8) is 0 Å². The number of carbonyl (C=O) groups is 1. The lowest BCUT2D eigenvalue weighted by Gasteiger charge is -2.05. The van der Waals surface area contributed by atoms with Gasteiger partial charge in [0.25, 0.3) is 0 Å². The third-order valence-electron chi connectivity index (χ3n) is 2.51. The second-order valence-electron chi connectivity index (χ2n) is 4.30. The van der Waals surface area contributed by atoms with Gasteiger partial charge >= 0.3 is 0 Å². The van der Waals surface area contributed by atoms with E-state index in [0.29, 0.717) is 23.3 Å². The zero-order valence-electron chi connectivity index (χ0n) is 11.9. The van der Waals surface area contributed by atoms with Crippen LogP contribution in [0.15, 0.2) is 46.5 Å². The molecule has 0 saturated heterocycles. The first-order chi connectivity index (χ1) is 10.6. The summed E-state index contributed by atoms with van der Waals surface area (Å²) < 4.78 is 0. The Morgan fingerprint density at radius 3 is 2.45 bits per heavy atom. The Morgan fingerprint density at radius 1 is 1.09 bits per heavy atom. The van der Waals surface area contributed by atoms with Gasteiger partial charge in [-0.1, -0.05) is 30.0 Å². The van der Waals surface area contributed by atoms with Crippen molar-refractivity contribution in [2.45, 2.75) is 10.1 Å². The van der Waals surface area contributed by atoms with Crippen molar-refractivity contribution in [3.8, 4) is 0 Å². The summed E-state index contributed by atoms with van der Waals surface area (Å²) in [5, 5.41) is 3.26. The number of nitrogens with two attached hydrogens (primary N) is 2. The van der Waals surface area contributed by atoms with Crippen molar-refractivity contribution in [1.29, 1.82) is 0 Å². The first-order valence-corrected chi connectivity index (χ1v) is 8.58. The second-order valence-corrected chi connectivity index (χ2v) is 6.41. The molecule has 2 aromatic rings. The number of aromatic nitrogens is 2. The standard InChI is InChI=1S/C14H17N5OS2/c15-11-8-12(16)19-14(18-11)22-9-13(20)17-6-7-21-10-4-2-1-3-5-10/h1-5,8H,6-7,9H2,(H,17,20)(H4,15,16,18,19). The third kappa shape index (κ3) is 5.82. The number of rotatable bonds is 7. The molecule has 5 N–H and O–H groups in total. The number of carbonyl (C=O) groups excluding carboxylic acids is 1. The summed E-state index contributed by atoms with van der Waals surface area (Å²) in [6.07, 6.45) is 0. The Balaban J connectivity index is 1.65. The Kier molecular flexibility index (Phi) is 6.35. The number of benzene rings is 1. The number of amides is 1. The highest BCUT2D eigenvalue weighted by Gasteiger charge is 2.06. The minimum Gasteiger partial charge on any atom is -0.383 e. The van der Waals surface area contributed by atoms with Gasteiger partial charge < -0.3 is 16.8 Å². The molecule has 116 valence electrons. The van der Waals surface area contributed by atoms with Crippen molar-refractivity contribution in [1.82, 2.24) is 15.3 Å². The Labute approximate surface area is 137 Å². The molecule has 0 atom stereocenters. The second kappa shape index (κ2) is 8.50. The highest BCUT2D eigenvalue weighted by atomic mass is 32.2. The normalized spacial score (nSPS) is 10.4.